The number of fused-ring (bicyclic) bond motifs is 5. The third-order valence-corrected chi connectivity index (χ3v) is 8.66. The zero-order valence-electron chi connectivity index (χ0n) is 15.2. The van der Waals surface area contributed by atoms with E-state index in [1.54, 1.807) is 0 Å². The fourth-order valence-corrected chi connectivity index (χ4v) is 7.19. The Hall–Kier alpha value is -0.630. The Morgan fingerprint density at radius 3 is 2.52 bits per heavy atom. The van der Waals surface area contributed by atoms with Crippen LogP contribution in [0.5, 0.6) is 0 Å². The second-order valence-electron chi connectivity index (χ2n) is 9.83. The molecule has 0 amide bonds. The molecule has 4 aliphatic rings. The number of allylic oxidation sites excluding steroid dienone is 2. The van der Waals surface area contributed by atoms with Gasteiger partial charge < -0.3 is 5.11 Å². The van der Waals surface area contributed by atoms with Crippen molar-refractivity contribution < 1.29 is 9.90 Å². The Bertz CT molecular complexity index is 574. The summed E-state index contributed by atoms with van der Waals surface area (Å²) in [5, 5.41) is 10.5. The molecule has 0 spiro atoms. The average Bonchev–Trinajstić information content (AvgIpc) is 2.79. The molecule has 0 aromatic carbocycles. The van der Waals surface area contributed by atoms with Crippen molar-refractivity contribution in [3.63, 3.8) is 0 Å². The highest BCUT2D eigenvalue weighted by Crippen LogP contribution is 2.66. The summed E-state index contributed by atoms with van der Waals surface area (Å²) >= 11 is 0. The molecule has 1 unspecified atom stereocenters. The van der Waals surface area contributed by atoms with E-state index in [9.17, 15) is 9.90 Å². The molecule has 23 heavy (non-hydrogen) atoms. The molecular formula is C21H32O2. The minimum atomic E-state index is -0.270. The lowest BCUT2D eigenvalue weighted by molar-refractivity contribution is -0.132. The van der Waals surface area contributed by atoms with E-state index in [-0.39, 0.29) is 22.3 Å². The Morgan fingerprint density at radius 1 is 1.04 bits per heavy atom. The predicted octanol–water partition coefficient (Wildman–Crippen LogP) is 4.52. The van der Waals surface area contributed by atoms with Crippen LogP contribution >= 0.6 is 0 Å². The van der Waals surface area contributed by atoms with Crippen LogP contribution in [0.3, 0.4) is 0 Å². The third-order valence-electron chi connectivity index (χ3n) is 8.66. The largest absolute Gasteiger partial charge is 0.393 e. The van der Waals surface area contributed by atoms with Gasteiger partial charge in [-0.2, -0.15) is 0 Å². The highest BCUT2D eigenvalue weighted by Gasteiger charge is 2.60. The minimum Gasteiger partial charge on any atom is -0.393 e. The maximum absolute atomic E-state index is 12.5. The van der Waals surface area contributed by atoms with Crippen LogP contribution in [-0.2, 0) is 4.79 Å². The lowest BCUT2D eigenvalue weighted by Gasteiger charge is -2.59. The minimum absolute atomic E-state index is 0.101. The number of Topliss-reactive ketones (excluding diaryl/α,β-unsaturated/α-hetero) is 1. The number of carbonyl (C=O) groups is 1. The van der Waals surface area contributed by atoms with Crippen molar-refractivity contribution >= 4 is 5.78 Å². The third kappa shape index (κ3) is 1.88. The van der Waals surface area contributed by atoms with E-state index in [0.29, 0.717) is 23.5 Å². The maximum atomic E-state index is 12.5. The number of ketones is 1. The van der Waals surface area contributed by atoms with Crippen molar-refractivity contribution in [2.24, 2.45) is 34.0 Å². The van der Waals surface area contributed by atoms with Gasteiger partial charge in [0.05, 0.1) is 6.10 Å². The molecule has 0 aromatic rings. The van der Waals surface area contributed by atoms with Crippen molar-refractivity contribution in [3.8, 4) is 0 Å². The number of rotatable bonds is 0. The first-order valence-electron chi connectivity index (χ1n) is 9.64. The van der Waals surface area contributed by atoms with E-state index >= 15 is 0 Å². The van der Waals surface area contributed by atoms with Crippen LogP contribution in [0.1, 0.15) is 72.6 Å². The molecule has 3 fully saturated rings. The second-order valence-corrected chi connectivity index (χ2v) is 9.83. The molecule has 4 rings (SSSR count). The number of aliphatic hydroxyl groups excluding tert-OH is 1. The van der Waals surface area contributed by atoms with Gasteiger partial charge in [0.1, 0.15) is 5.78 Å². The molecule has 3 saturated carbocycles. The van der Waals surface area contributed by atoms with Crippen molar-refractivity contribution in [2.45, 2.75) is 78.7 Å². The van der Waals surface area contributed by atoms with Gasteiger partial charge in [0.2, 0.25) is 0 Å². The second kappa shape index (κ2) is 4.71. The lowest BCUT2D eigenvalue weighted by Crippen LogP contribution is -2.54. The van der Waals surface area contributed by atoms with E-state index in [0.717, 1.165) is 32.1 Å². The van der Waals surface area contributed by atoms with Gasteiger partial charge in [0, 0.05) is 11.8 Å². The van der Waals surface area contributed by atoms with Crippen molar-refractivity contribution in [1.29, 1.82) is 0 Å². The molecule has 4 aliphatic carbocycles. The van der Waals surface area contributed by atoms with Crippen molar-refractivity contribution in [3.05, 3.63) is 11.6 Å². The zero-order valence-corrected chi connectivity index (χ0v) is 15.2. The summed E-state index contributed by atoms with van der Waals surface area (Å²) < 4.78 is 0. The van der Waals surface area contributed by atoms with E-state index in [4.69, 9.17) is 0 Å². The summed E-state index contributed by atoms with van der Waals surface area (Å²) in [7, 11) is 0. The van der Waals surface area contributed by atoms with Gasteiger partial charge in [-0.15, -0.1) is 0 Å². The molecule has 0 aromatic heterocycles. The van der Waals surface area contributed by atoms with Crippen LogP contribution < -0.4 is 0 Å². The van der Waals surface area contributed by atoms with Crippen LogP contribution in [0, 0.1) is 34.0 Å². The first-order valence-corrected chi connectivity index (χ1v) is 9.64. The van der Waals surface area contributed by atoms with Crippen molar-refractivity contribution in [1.82, 2.24) is 0 Å². The van der Waals surface area contributed by atoms with E-state index in [1.165, 1.54) is 18.4 Å². The van der Waals surface area contributed by atoms with Crippen LogP contribution in [0.25, 0.3) is 0 Å². The molecule has 0 saturated heterocycles. The molecule has 2 nitrogen and oxygen atoms in total. The molecule has 0 radical (unpaired) electrons. The van der Waals surface area contributed by atoms with Crippen LogP contribution in [0.15, 0.2) is 11.6 Å². The van der Waals surface area contributed by atoms with Gasteiger partial charge >= 0.3 is 0 Å². The van der Waals surface area contributed by atoms with Gasteiger partial charge in [-0.3, -0.25) is 4.79 Å². The fraction of sp³-hybridized carbons (Fsp3) is 0.857. The van der Waals surface area contributed by atoms with Gasteiger partial charge in [-0.05, 0) is 81.0 Å². The Kier molecular flexibility index (Phi) is 3.25. The molecule has 0 heterocycles. The number of carbonyl (C=O) groups excluding carboxylic acids is 1. The SMILES string of the molecule is CC1(C)C(=O)CC[C@@]2(C)C1=CC[C@@H]1[C@@H]2CC[C@]2(C)C(O)CC[C@@H]12. The van der Waals surface area contributed by atoms with Gasteiger partial charge in [-0.25, -0.2) is 0 Å². The number of hydrogen-bond donors (Lipinski definition) is 1. The smallest absolute Gasteiger partial charge is 0.142 e. The predicted molar refractivity (Wildman–Crippen MR) is 91.9 cm³/mol. The van der Waals surface area contributed by atoms with Gasteiger partial charge in [0.15, 0.2) is 0 Å². The van der Waals surface area contributed by atoms with Gasteiger partial charge in [-0.1, -0.05) is 25.5 Å². The molecular weight excluding hydrogens is 284 g/mol. The summed E-state index contributed by atoms with van der Waals surface area (Å²) in [6, 6.07) is 0. The monoisotopic (exact) mass is 316 g/mol. The van der Waals surface area contributed by atoms with E-state index in [2.05, 4.69) is 33.8 Å². The number of aliphatic hydroxyl groups is 1. The van der Waals surface area contributed by atoms with Crippen LogP contribution in [0.2, 0.25) is 0 Å². The highest BCUT2D eigenvalue weighted by atomic mass is 16.3. The standard InChI is InChI=1S/C21H32O2/c1-19(2)16-7-5-13-14-6-8-18(23)21(14,4)11-9-15(13)20(16,3)12-10-17(19)22/h7,13-15,18,23H,5-6,8-12H2,1-4H3/t13-,14-,15-,18?,20+,21-/m0/s1. The summed E-state index contributed by atoms with van der Waals surface area (Å²) in [5.41, 5.74) is 1.51. The molecule has 6 atom stereocenters. The van der Waals surface area contributed by atoms with Crippen molar-refractivity contribution in [2.75, 3.05) is 0 Å². The Morgan fingerprint density at radius 2 is 1.78 bits per heavy atom. The molecule has 0 aliphatic heterocycles. The summed E-state index contributed by atoms with van der Waals surface area (Å²) in [5.74, 6) is 2.52. The lowest BCUT2D eigenvalue weighted by atomic mass is 9.45. The van der Waals surface area contributed by atoms with Gasteiger partial charge in [0.25, 0.3) is 0 Å². The summed E-state index contributed by atoms with van der Waals surface area (Å²) in [6.07, 6.45) is 9.82. The number of hydrogen-bond acceptors (Lipinski definition) is 2. The quantitative estimate of drug-likeness (QED) is 0.667. The van der Waals surface area contributed by atoms with Crippen LogP contribution in [0.4, 0.5) is 0 Å². The van der Waals surface area contributed by atoms with Crippen LogP contribution in [-0.4, -0.2) is 17.0 Å². The Labute approximate surface area is 140 Å². The topological polar surface area (TPSA) is 37.3 Å². The summed E-state index contributed by atoms with van der Waals surface area (Å²) in [4.78, 5) is 12.5. The fourth-order valence-electron chi connectivity index (χ4n) is 7.19. The molecule has 0 bridgehead atoms. The first kappa shape index (κ1) is 15.9. The molecule has 128 valence electrons. The Balaban J connectivity index is 1.74. The van der Waals surface area contributed by atoms with E-state index < -0.39 is 0 Å². The highest BCUT2D eigenvalue weighted by molar-refractivity contribution is 5.89. The van der Waals surface area contributed by atoms with E-state index in [1.807, 2.05) is 0 Å². The maximum Gasteiger partial charge on any atom is 0.142 e. The molecule has 2 heteroatoms. The normalized spacial score (nSPS) is 51.5. The average molecular weight is 316 g/mol. The summed E-state index contributed by atoms with van der Waals surface area (Å²) in [6.45, 7) is 9.07. The molecule has 1 N–H and O–H groups in total. The first-order chi connectivity index (χ1) is 10.7. The zero-order chi connectivity index (χ0) is 16.6.